The average molecular weight is 476 g/mol. The Labute approximate surface area is 205 Å². The molecular weight excluding hydrogens is 442 g/mol. The van der Waals surface area contributed by atoms with Crippen LogP contribution >= 0.6 is 0 Å². The second-order valence-electron chi connectivity index (χ2n) is 9.80. The maximum atomic E-state index is 13.1. The molecule has 1 fully saturated rings. The number of benzene rings is 2. The monoisotopic (exact) mass is 475 g/mol. The largest absolute Gasteiger partial charge is 0.350 e. The van der Waals surface area contributed by atoms with E-state index in [2.05, 4.69) is 26.6 Å². The molecule has 1 aliphatic rings. The molecule has 184 valence electrons. The Balaban J connectivity index is 1.57. The van der Waals surface area contributed by atoms with Crippen LogP contribution in [0.4, 0.5) is 4.79 Å². The number of carbonyl (C=O) groups is 3. The third-order valence-corrected chi connectivity index (χ3v) is 6.62. The molecule has 1 saturated heterocycles. The predicted octanol–water partition coefficient (Wildman–Crippen LogP) is 3.07. The second-order valence-corrected chi connectivity index (χ2v) is 9.80. The third-order valence-electron chi connectivity index (χ3n) is 6.62. The van der Waals surface area contributed by atoms with Gasteiger partial charge in [0.05, 0.1) is 0 Å². The molecule has 8 nitrogen and oxygen atoms in total. The molecule has 35 heavy (non-hydrogen) atoms. The number of aromatic amines is 1. The molecule has 1 aromatic heterocycles. The molecule has 0 saturated carbocycles. The van der Waals surface area contributed by atoms with Crippen molar-refractivity contribution < 1.29 is 14.4 Å². The van der Waals surface area contributed by atoms with Gasteiger partial charge in [0.2, 0.25) is 0 Å². The van der Waals surface area contributed by atoms with Gasteiger partial charge in [0.25, 0.3) is 11.8 Å². The number of aromatic nitrogens is 1. The third kappa shape index (κ3) is 5.22. The highest BCUT2D eigenvalue weighted by Gasteiger charge is 2.45. The first-order chi connectivity index (χ1) is 16.7. The minimum Gasteiger partial charge on any atom is -0.350 e. The number of carbonyl (C=O) groups excluding carboxylic acids is 3. The van der Waals surface area contributed by atoms with Gasteiger partial charge in [-0.1, -0.05) is 36.4 Å². The Hall–Kier alpha value is -3.65. The van der Waals surface area contributed by atoms with Crippen molar-refractivity contribution in [2.75, 3.05) is 27.2 Å². The Morgan fingerprint density at radius 3 is 2.43 bits per heavy atom. The van der Waals surface area contributed by atoms with E-state index in [9.17, 15) is 14.4 Å². The van der Waals surface area contributed by atoms with E-state index >= 15 is 0 Å². The van der Waals surface area contributed by atoms with Crippen LogP contribution in [0.1, 0.15) is 41.0 Å². The molecule has 3 aromatic rings. The molecule has 2 aromatic carbocycles. The van der Waals surface area contributed by atoms with Gasteiger partial charge in [-0.3, -0.25) is 14.9 Å². The van der Waals surface area contributed by atoms with Crippen LogP contribution in [0.25, 0.3) is 10.9 Å². The van der Waals surface area contributed by atoms with Crippen LogP contribution in [0, 0.1) is 0 Å². The smallest absolute Gasteiger partial charge is 0.325 e. The Morgan fingerprint density at radius 1 is 1.03 bits per heavy atom. The molecule has 4 rings (SSSR count). The van der Waals surface area contributed by atoms with Gasteiger partial charge in [-0.05, 0) is 69.6 Å². The number of imide groups is 1. The number of urea groups is 1. The molecule has 8 heteroatoms. The van der Waals surface area contributed by atoms with Gasteiger partial charge in [0.1, 0.15) is 11.2 Å². The highest BCUT2D eigenvalue weighted by atomic mass is 16.2. The lowest BCUT2D eigenvalue weighted by Crippen LogP contribution is -2.45. The number of nitrogens with one attached hydrogen (secondary N) is 3. The van der Waals surface area contributed by atoms with Gasteiger partial charge in [-0.25, -0.2) is 4.79 Å². The number of fused-ring (bicyclic) bond motifs is 1. The van der Waals surface area contributed by atoms with Crippen molar-refractivity contribution in [3.8, 4) is 0 Å². The summed E-state index contributed by atoms with van der Waals surface area (Å²) in [6, 6.07) is 15.6. The molecule has 4 amide bonds. The Bertz CT molecular complexity index is 1250. The maximum absolute atomic E-state index is 13.1. The fourth-order valence-electron chi connectivity index (χ4n) is 4.42. The van der Waals surface area contributed by atoms with Gasteiger partial charge in [0, 0.05) is 30.5 Å². The number of amides is 4. The fourth-order valence-corrected chi connectivity index (χ4v) is 4.42. The summed E-state index contributed by atoms with van der Waals surface area (Å²) in [7, 11) is 4.03. The zero-order valence-corrected chi connectivity index (χ0v) is 20.8. The summed E-state index contributed by atoms with van der Waals surface area (Å²) in [5.74, 6) is -0.407. The van der Waals surface area contributed by atoms with Gasteiger partial charge in [-0.2, -0.15) is 0 Å². The van der Waals surface area contributed by atoms with E-state index in [4.69, 9.17) is 0 Å². The Morgan fingerprint density at radius 2 is 1.77 bits per heavy atom. The summed E-state index contributed by atoms with van der Waals surface area (Å²) < 4.78 is 0. The first-order valence-corrected chi connectivity index (χ1v) is 11.9. The average Bonchev–Trinajstić information content (AvgIpc) is 3.28. The quantitative estimate of drug-likeness (QED) is 0.414. The standard InChI is InChI=1S/C27H33N5O3/c1-27(2)25(34)30-26(35)32(27)15-12-18-10-11-22-21(16-18)20(13-14-31(3)4)23(29-22)24(33)28-17-19-8-6-5-7-9-19/h5-11,16,29H,12-15,17H2,1-4H3,(H,28,33)(H,30,34,35). The lowest BCUT2D eigenvalue weighted by Gasteiger charge is -2.27. The minimum atomic E-state index is -0.865. The minimum absolute atomic E-state index is 0.130. The number of hydrogen-bond donors (Lipinski definition) is 3. The summed E-state index contributed by atoms with van der Waals surface area (Å²) in [4.78, 5) is 44.4. The normalized spacial score (nSPS) is 15.2. The second kappa shape index (κ2) is 9.92. The first kappa shape index (κ1) is 24.5. The summed E-state index contributed by atoms with van der Waals surface area (Å²) in [6.45, 7) is 5.20. The molecule has 0 bridgehead atoms. The van der Waals surface area contributed by atoms with Crippen molar-refractivity contribution >= 4 is 28.7 Å². The van der Waals surface area contributed by atoms with Crippen molar-refractivity contribution in [2.45, 2.75) is 38.8 Å². The van der Waals surface area contributed by atoms with Gasteiger partial charge >= 0.3 is 6.03 Å². The Kier molecular flexibility index (Phi) is 6.93. The van der Waals surface area contributed by atoms with Crippen molar-refractivity contribution in [1.29, 1.82) is 0 Å². The van der Waals surface area contributed by atoms with Crippen molar-refractivity contribution in [1.82, 2.24) is 25.4 Å². The number of hydrogen-bond acceptors (Lipinski definition) is 4. The van der Waals surface area contributed by atoms with Crippen LogP contribution in [0.3, 0.4) is 0 Å². The van der Waals surface area contributed by atoms with Crippen LogP contribution in [0.5, 0.6) is 0 Å². The fraction of sp³-hybridized carbons (Fsp3) is 0.370. The van der Waals surface area contributed by atoms with Crippen molar-refractivity contribution in [3.63, 3.8) is 0 Å². The maximum Gasteiger partial charge on any atom is 0.325 e. The van der Waals surface area contributed by atoms with Crippen LogP contribution in [-0.2, 0) is 24.2 Å². The van der Waals surface area contributed by atoms with E-state index in [0.29, 0.717) is 25.2 Å². The molecule has 0 unspecified atom stereocenters. The van der Waals surface area contributed by atoms with Gasteiger partial charge in [0.15, 0.2) is 0 Å². The van der Waals surface area contributed by atoms with Crippen LogP contribution < -0.4 is 10.6 Å². The lowest BCUT2D eigenvalue weighted by molar-refractivity contribution is -0.125. The van der Waals surface area contributed by atoms with E-state index < -0.39 is 5.54 Å². The number of likely N-dealkylation sites (N-methyl/N-ethyl adjacent to an activating group) is 1. The highest BCUT2D eigenvalue weighted by molar-refractivity contribution is 6.06. The summed E-state index contributed by atoms with van der Waals surface area (Å²) in [5.41, 5.74) is 3.69. The summed E-state index contributed by atoms with van der Waals surface area (Å²) in [6.07, 6.45) is 1.33. The molecule has 3 N–H and O–H groups in total. The molecule has 2 heterocycles. The molecule has 0 radical (unpaired) electrons. The van der Waals surface area contributed by atoms with E-state index in [0.717, 1.165) is 40.6 Å². The van der Waals surface area contributed by atoms with Crippen molar-refractivity contribution in [3.05, 3.63) is 70.9 Å². The van der Waals surface area contributed by atoms with Crippen LogP contribution in [0.15, 0.2) is 48.5 Å². The molecule has 0 atom stereocenters. The van der Waals surface area contributed by atoms with Crippen LogP contribution in [-0.4, -0.2) is 65.4 Å². The molecule has 0 aliphatic carbocycles. The molecule has 0 spiro atoms. The summed E-state index contributed by atoms with van der Waals surface area (Å²) in [5, 5.41) is 6.43. The molecule has 1 aliphatic heterocycles. The zero-order chi connectivity index (χ0) is 25.2. The topological polar surface area (TPSA) is 97.5 Å². The number of nitrogens with zero attached hydrogens (tertiary/aromatic N) is 2. The van der Waals surface area contributed by atoms with E-state index in [1.165, 1.54) is 0 Å². The van der Waals surface area contributed by atoms with E-state index in [1.54, 1.807) is 18.7 Å². The number of rotatable bonds is 9. The highest BCUT2D eigenvalue weighted by Crippen LogP contribution is 2.26. The zero-order valence-electron chi connectivity index (χ0n) is 20.8. The van der Waals surface area contributed by atoms with Gasteiger partial charge < -0.3 is 20.1 Å². The predicted molar refractivity (Wildman–Crippen MR) is 136 cm³/mol. The van der Waals surface area contributed by atoms with E-state index in [1.807, 2.05) is 56.6 Å². The SMILES string of the molecule is CN(C)CCc1c(C(=O)NCc2ccccc2)[nH]c2ccc(CCN3C(=O)NC(=O)C3(C)C)cc12. The summed E-state index contributed by atoms with van der Waals surface area (Å²) >= 11 is 0. The van der Waals surface area contributed by atoms with E-state index in [-0.39, 0.29) is 17.8 Å². The number of H-pyrrole nitrogens is 1. The van der Waals surface area contributed by atoms with Crippen molar-refractivity contribution in [2.24, 2.45) is 0 Å². The lowest BCUT2D eigenvalue weighted by atomic mass is 10.0. The molecular formula is C27H33N5O3. The first-order valence-electron chi connectivity index (χ1n) is 11.9. The van der Waals surface area contributed by atoms with Gasteiger partial charge in [-0.15, -0.1) is 0 Å². The van der Waals surface area contributed by atoms with Crippen LogP contribution in [0.2, 0.25) is 0 Å².